The Balaban J connectivity index is 1.46. The van der Waals surface area contributed by atoms with Crippen molar-refractivity contribution in [1.29, 1.82) is 0 Å². The number of hydrogen-bond donors (Lipinski definition) is 1. The van der Waals surface area contributed by atoms with Crippen LogP contribution in [0.3, 0.4) is 0 Å². The van der Waals surface area contributed by atoms with E-state index in [9.17, 15) is 14.4 Å². The molecule has 9 heteroatoms. The van der Waals surface area contributed by atoms with Crippen molar-refractivity contribution in [3.05, 3.63) is 75.6 Å². The molecule has 0 saturated carbocycles. The Labute approximate surface area is 174 Å². The molecule has 7 nitrogen and oxygen atoms in total. The highest BCUT2D eigenvalue weighted by atomic mass is 35.5. The summed E-state index contributed by atoms with van der Waals surface area (Å²) < 4.78 is 10.6. The summed E-state index contributed by atoms with van der Waals surface area (Å²) in [5.41, 5.74) is 3.22. The summed E-state index contributed by atoms with van der Waals surface area (Å²) in [4.78, 5) is 36.3. The van der Waals surface area contributed by atoms with Crippen molar-refractivity contribution in [1.82, 2.24) is 10.4 Å². The topological polar surface area (TPSA) is 88.8 Å². The average Bonchev–Trinajstić information content (AvgIpc) is 3.07. The van der Waals surface area contributed by atoms with E-state index in [0.717, 1.165) is 5.56 Å². The van der Waals surface area contributed by atoms with E-state index in [1.54, 1.807) is 36.4 Å². The number of rotatable bonds is 5. The van der Waals surface area contributed by atoms with Crippen LogP contribution in [0.1, 0.15) is 10.9 Å². The molecule has 2 heterocycles. The number of thioether (sulfide) groups is 1. The number of amides is 2. The van der Waals surface area contributed by atoms with E-state index in [1.807, 2.05) is 12.1 Å². The minimum atomic E-state index is -0.576. The molecule has 3 aromatic rings. The minimum Gasteiger partial charge on any atom is -0.483 e. The quantitative estimate of drug-likeness (QED) is 0.625. The van der Waals surface area contributed by atoms with Gasteiger partial charge in [-0.15, -0.1) is 11.8 Å². The molecule has 0 spiro atoms. The van der Waals surface area contributed by atoms with Gasteiger partial charge in [-0.3, -0.25) is 15.0 Å². The first kappa shape index (κ1) is 19.4. The molecule has 2 aromatic carbocycles. The summed E-state index contributed by atoms with van der Waals surface area (Å²) >= 11 is 7.32. The number of hydrogen-bond acceptors (Lipinski definition) is 6. The Kier molecular flexibility index (Phi) is 5.46. The number of fused-ring (bicyclic) bond motifs is 1. The normalized spacial score (nSPS) is 16.2. The molecule has 1 unspecified atom stereocenters. The van der Waals surface area contributed by atoms with Crippen molar-refractivity contribution < 1.29 is 18.7 Å². The average molecular weight is 431 g/mol. The fraction of sp³-hybridized carbons (Fsp3) is 0.150. The van der Waals surface area contributed by atoms with Gasteiger partial charge < -0.3 is 9.15 Å². The Bertz CT molecular complexity index is 1130. The fourth-order valence-corrected chi connectivity index (χ4v) is 4.16. The fourth-order valence-electron chi connectivity index (χ4n) is 2.93. The van der Waals surface area contributed by atoms with Crippen LogP contribution in [0.25, 0.3) is 11.0 Å². The molecule has 0 bridgehead atoms. The molecule has 1 aliphatic rings. The van der Waals surface area contributed by atoms with Crippen LogP contribution in [0.5, 0.6) is 5.75 Å². The number of para-hydroxylation sites is 1. The first-order chi connectivity index (χ1) is 14.0. The second-order valence-corrected chi connectivity index (χ2v) is 7.73. The summed E-state index contributed by atoms with van der Waals surface area (Å²) in [6.45, 7) is -0.366. The molecule has 1 saturated heterocycles. The smallest absolute Gasteiger partial charge is 0.339 e. The van der Waals surface area contributed by atoms with Crippen LogP contribution in [0, 0.1) is 0 Å². The molecule has 1 fully saturated rings. The van der Waals surface area contributed by atoms with Crippen molar-refractivity contribution in [2.75, 3.05) is 12.4 Å². The van der Waals surface area contributed by atoms with E-state index in [1.165, 1.54) is 22.8 Å². The van der Waals surface area contributed by atoms with E-state index in [0.29, 0.717) is 16.0 Å². The van der Waals surface area contributed by atoms with E-state index in [-0.39, 0.29) is 29.4 Å². The van der Waals surface area contributed by atoms with E-state index >= 15 is 0 Å². The van der Waals surface area contributed by atoms with Crippen molar-refractivity contribution in [3.8, 4) is 5.75 Å². The van der Waals surface area contributed by atoms with E-state index < -0.39 is 11.5 Å². The van der Waals surface area contributed by atoms with Gasteiger partial charge in [0.25, 0.3) is 11.8 Å². The van der Waals surface area contributed by atoms with E-state index in [2.05, 4.69) is 5.43 Å². The van der Waals surface area contributed by atoms with Crippen LogP contribution in [-0.2, 0) is 9.59 Å². The van der Waals surface area contributed by atoms with Crippen LogP contribution >= 0.6 is 23.4 Å². The van der Waals surface area contributed by atoms with Crippen molar-refractivity contribution in [2.45, 2.75) is 5.37 Å². The van der Waals surface area contributed by atoms with Gasteiger partial charge in [0.15, 0.2) is 6.61 Å². The van der Waals surface area contributed by atoms with Crippen LogP contribution in [0.2, 0.25) is 5.02 Å². The largest absolute Gasteiger partial charge is 0.483 e. The maximum atomic E-state index is 12.4. The van der Waals surface area contributed by atoms with Gasteiger partial charge in [-0.25, -0.2) is 9.80 Å². The Morgan fingerprint density at radius 3 is 2.76 bits per heavy atom. The minimum absolute atomic E-state index is 0.214. The van der Waals surface area contributed by atoms with Gasteiger partial charge in [-0.05, 0) is 29.8 Å². The van der Waals surface area contributed by atoms with E-state index in [4.69, 9.17) is 20.8 Å². The van der Waals surface area contributed by atoms with Crippen molar-refractivity contribution in [2.24, 2.45) is 0 Å². The molecule has 1 atom stereocenters. The Morgan fingerprint density at radius 2 is 1.97 bits per heavy atom. The summed E-state index contributed by atoms with van der Waals surface area (Å²) in [6, 6.07) is 15.1. The number of nitrogens with zero attached hydrogens (tertiary/aromatic N) is 1. The van der Waals surface area contributed by atoms with Gasteiger partial charge >= 0.3 is 5.63 Å². The van der Waals surface area contributed by atoms with Crippen molar-refractivity contribution in [3.63, 3.8) is 0 Å². The lowest BCUT2D eigenvalue weighted by Gasteiger charge is -2.24. The predicted octanol–water partition coefficient (Wildman–Crippen LogP) is 3.13. The van der Waals surface area contributed by atoms with Crippen LogP contribution < -0.4 is 15.8 Å². The van der Waals surface area contributed by atoms with Gasteiger partial charge in [0, 0.05) is 5.02 Å². The molecule has 2 amide bonds. The monoisotopic (exact) mass is 430 g/mol. The third-order valence-corrected chi connectivity index (χ3v) is 5.70. The maximum absolute atomic E-state index is 12.4. The molecule has 1 N–H and O–H groups in total. The highest BCUT2D eigenvalue weighted by molar-refractivity contribution is 8.00. The highest BCUT2D eigenvalue weighted by Crippen LogP contribution is 2.37. The first-order valence-electron chi connectivity index (χ1n) is 8.65. The zero-order chi connectivity index (χ0) is 20.4. The van der Waals surface area contributed by atoms with Gasteiger partial charge in [-0.1, -0.05) is 35.9 Å². The van der Waals surface area contributed by atoms with Gasteiger partial charge in [-0.2, -0.15) is 0 Å². The maximum Gasteiger partial charge on any atom is 0.339 e. The SMILES string of the molecule is O=C(COc1cc(=O)oc2ccccc12)NN1C(=O)CSC1c1ccc(Cl)cc1. The molecule has 148 valence electrons. The Morgan fingerprint density at radius 1 is 1.21 bits per heavy atom. The molecule has 0 aliphatic carbocycles. The lowest BCUT2D eigenvalue weighted by molar-refractivity contribution is -0.140. The lowest BCUT2D eigenvalue weighted by atomic mass is 10.2. The number of nitrogens with one attached hydrogen (secondary N) is 1. The van der Waals surface area contributed by atoms with Crippen molar-refractivity contribution >= 4 is 46.1 Å². The number of halogens is 1. The zero-order valence-corrected chi connectivity index (χ0v) is 16.5. The molecule has 4 rings (SSSR count). The second-order valence-electron chi connectivity index (χ2n) is 6.23. The van der Waals surface area contributed by atoms with Crippen LogP contribution in [0.4, 0.5) is 0 Å². The first-order valence-corrected chi connectivity index (χ1v) is 10.1. The molecule has 0 radical (unpaired) electrons. The van der Waals surface area contributed by atoms with Crippen LogP contribution in [-0.4, -0.2) is 29.2 Å². The standard InChI is InChI=1S/C20H15ClN2O5S/c21-13-7-5-12(6-8-13)20-23(18(25)11-29-20)22-17(24)10-27-16-9-19(26)28-15-4-2-1-3-14(15)16/h1-9,20H,10-11H2,(H,22,24). The third-order valence-electron chi connectivity index (χ3n) is 4.24. The summed E-state index contributed by atoms with van der Waals surface area (Å²) in [7, 11) is 0. The summed E-state index contributed by atoms with van der Waals surface area (Å²) in [5.74, 6) is -0.242. The molecule has 29 heavy (non-hydrogen) atoms. The lowest BCUT2D eigenvalue weighted by Crippen LogP contribution is -2.46. The molecular weight excluding hydrogens is 416 g/mol. The van der Waals surface area contributed by atoms with Gasteiger partial charge in [0.05, 0.1) is 17.2 Å². The summed E-state index contributed by atoms with van der Waals surface area (Å²) in [6.07, 6.45) is 0. The van der Waals surface area contributed by atoms with Gasteiger partial charge in [0.2, 0.25) is 0 Å². The molecule has 1 aromatic heterocycles. The second kappa shape index (κ2) is 8.18. The van der Waals surface area contributed by atoms with Crippen LogP contribution in [0.15, 0.2) is 63.8 Å². The number of benzene rings is 2. The number of ether oxygens (including phenoxy) is 1. The molecule has 1 aliphatic heterocycles. The third kappa shape index (κ3) is 4.23. The zero-order valence-electron chi connectivity index (χ0n) is 15.0. The van der Waals surface area contributed by atoms with Gasteiger partial charge in [0.1, 0.15) is 16.7 Å². The Hall–Kier alpha value is -2.97. The summed E-state index contributed by atoms with van der Waals surface area (Å²) in [5, 5.41) is 2.10. The number of carbonyl (C=O) groups excluding carboxylic acids is 2. The highest BCUT2D eigenvalue weighted by Gasteiger charge is 2.34. The predicted molar refractivity (Wildman–Crippen MR) is 110 cm³/mol. The number of carbonyl (C=O) groups is 2. The number of hydrazine groups is 1. The molecular formula is C20H15ClN2O5S.